The summed E-state index contributed by atoms with van der Waals surface area (Å²) in [5.74, 6) is -1.61. The number of aromatic amines is 1. The SMILES string of the molecule is C=C[C@@H]1C[C@]1(NC(=O)[C@@H]1CCCN1C(=O)[C@@H](NC(=O)OCC(C)(C)CCCCc1ccc2cc[nH]c(=O)c2c1)C1CCCC1)C(=O)NCI(=O)(CC=O)C1CC1. The Hall–Kier alpha value is -3.95. The van der Waals surface area contributed by atoms with Crippen molar-refractivity contribution in [1.29, 1.82) is 0 Å². The minimum absolute atomic E-state index is 0.0127. The Morgan fingerprint density at radius 1 is 1.09 bits per heavy atom. The number of likely N-dealkylation sites (tertiary alicyclic amines) is 1. The number of rotatable bonds is 19. The molecule has 1 saturated heterocycles. The van der Waals surface area contributed by atoms with Crippen LogP contribution in [-0.2, 0) is 33.4 Å². The van der Waals surface area contributed by atoms with Gasteiger partial charge in [0.05, 0.1) is 6.61 Å². The van der Waals surface area contributed by atoms with Gasteiger partial charge in [0.2, 0.25) is 0 Å². The molecule has 4 aliphatic rings. The number of fused-ring (bicyclic) bond motifs is 1. The van der Waals surface area contributed by atoms with Crippen LogP contribution in [0.1, 0.15) is 96.5 Å². The van der Waals surface area contributed by atoms with E-state index in [1.807, 2.05) is 32.0 Å². The third-order valence-corrected chi connectivity index (χ3v) is 20.1. The van der Waals surface area contributed by atoms with E-state index in [1.165, 1.54) is 0 Å². The Bertz CT molecular complexity index is 1920. The van der Waals surface area contributed by atoms with Crippen molar-refractivity contribution in [2.24, 2.45) is 17.3 Å². The quantitative estimate of drug-likeness (QED) is 0.0360. The van der Waals surface area contributed by atoms with Crippen LogP contribution in [0.5, 0.6) is 0 Å². The molecule has 2 heterocycles. The van der Waals surface area contributed by atoms with Crippen LogP contribution >= 0.6 is 18.4 Å². The number of alkyl carbamates (subject to hydrolysis) is 1. The number of amides is 4. The van der Waals surface area contributed by atoms with Gasteiger partial charge < -0.3 is 9.72 Å². The second kappa shape index (κ2) is 17.7. The normalized spacial score (nSPS) is 24.4. The van der Waals surface area contributed by atoms with Gasteiger partial charge in [0.25, 0.3) is 5.56 Å². The number of hydrogen-bond donors (Lipinski definition) is 4. The first-order valence-electron chi connectivity index (χ1n) is 20.2. The number of nitrogens with one attached hydrogen (secondary N) is 4. The number of alkyl halides is 3. The van der Waals surface area contributed by atoms with E-state index in [9.17, 15) is 31.8 Å². The van der Waals surface area contributed by atoms with Crippen LogP contribution in [0.3, 0.4) is 0 Å². The molecule has 4 N–H and O–H groups in total. The number of aryl methyl sites for hydroxylation is 1. The molecule has 5 atom stereocenters. The van der Waals surface area contributed by atoms with E-state index in [0.717, 1.165) is 75.2 Å². The fourth-order valence-electron chi connectivity index (χ4n) is 8.50. The van der Waals surface area contributed by atoms with E-state index in [1.54, 1.807) is 17.2 Å². The van der Waals surface area contributed by atoms with E-state index in [2.05, 4.69) is 33.6 Å². The number of carbonyl (C=O) groups excluding carboxylic acids is 5. The van der Waals surface area contributed by atoms with Crippen LogP contribution in [0.25, 0.3) is 10.8 Å². The van der Waals surface area contributed by atoms with Crippen molar-refractivity contribution >= 4 is 59.3 Å². The molecule has 2 aromatic rings. The zero-order valence-corrected chi connectivity index (χ0v) is 34.9. The van der Waals surface area contributed by atoms with Crippen molar-refractivity contribution in [2.75, 3.05) is 22.1 Å². The predicted octanol–water partition coefficient (Wildman–Crippen LogP) is 5.43. The number of hydrogen-bond acceptors (Lipinski definition) is 8. The molecule has 1 unspecified atom stereocenters. The van der Waals surface area contributed by atoms with Gasteiger partial charge in [-0.15, -0.1) is 0 Å². The number of carbonyl (C=O) groups is 5. The zero-order chi connectivity index (χ0) is 40.1. The zero-order valence-electron chi connectivity index (χ0n) is 32.7. The van der Waals surface area contributed by atoms with Gasteiger partial charge in [-0.2, -0.15) is 0 Å². The molecule has 13 nitrogen and oxygen atoms in total. The summed E-state index contributed by atoms with van der Waals surface area (Å²) < 4.78 is 19.1. The Balaban J connectivity index is 1.02. The summed E-state index contributed by atoms with van der Waals surface area (Å²) in [6.45, 7) is 8.45. The molecule has 1 aromatic heterocycles. The summed E-state index contributed by atoms with van der Waals surface area (Å²) >= 11 is -3.72. The van der Waals surface area contributed by atoms with Crippen molar-refractivity contribution in [3.05, 3.63) is 59.0 Å². The number of nitrogens with zero attached hydrogens (tertiary/aromatic N) is 1. The molecule has 306 valence electrons. The molecule has 0 radical (unpaired) electrons. The van der Waals surface area contributed by atoms with Gasteiger partial charge in [0.1, 0.15) is 0 Å². The first kappa shape index (κ1) is 41.7. The molecule has 6 rings (SSSR count). The van der Waals surface area contributed by atoms with E-state index in [4.69, 9.17) is 4.74 Å². The third kappa shape index (κ3) is 9.76. The van der Waals surface area contributed by atoms with Gasteiger partial charge in [0.15, 0.2) is 0 Å². The van der Waals surface area contributed by atoms with Crippen molar-refractivity contribution < 1.29 is 31.8 Å². The topological polar surface area (TPSA) is 184 Å². The summed E-state index contributed by atoms with van der Waals surface area (Å²) in [4.78, 5) is 82.7. The van der Waals surface area contributed by atoms with Crippen LogP contribution in [0, 0.1) is 17.3 Å². The molecular weight excluding hydrogens is 829 g/mol. The van der Waals surface area contributed by atoms with Gasteiger partial charge in [-0.05, 0) is 47.8 Å². The average molecular weight is 888 g/mol. The van der Waals surface area contributed by atoms with Crippen LogP contribution < -0.4 is 21.5 Å². The first-order valence-corrected chi connectivity index (χ1v) is 25.4. The summed E-state index contributed by atoms with van der Waals surface area (Å²) in [5.41, 5.74) is -0.547. The molecular formula is C42H58IN5O8. The molecule has 0 bridgehead atoms. The van der Waals surface area contributed by atoms with E-state index >= 15 is 0 Å². The van der Waals surface area contributed by atoms with Gasteiger partial charge >= 0.3 is 198 Å². The Morgan fingerprint density at radius 3 is 2.55 bits per heavy atom. The number of ether oxygens (including phenoxy) is 1. The fourth-order valence-corrected chi connectivity index (χ4v) is 14.4. The monoisotopic (exact) mass is 887 g/mol. The van der Waals surface area contributed by atoms with Crippen molar-refractivity contribution in [3.8, 4) is 0 Å². The molecule has 1 aromatic carbocycles. The fraction of sp³-hybridized carbons (Fsp3) is 0.619. The van der Waals surface area contributed by atoms with Crippen molar-refractivity contribution in [1.82, 2.24) is 25.8 Å². The number of halogens is 1. The second-order valence-electron chi connectivity index (χ2n) is 17.0. The maximum absolute atomic E-state index is 14.3. The second-order valence-corrected chi connectivity index (χ2v) is 25.0. The molecule has 4 amide bonds. The molecule has 3 aliphatic carbocycles. The number of unbranched alkanes of at least 4 members (excludes halogenated alkanes) is 1. The molecule has 4 fully saturated rings. The summed E-state index contributed by atoms with van der Waals surface area (Å²) in [6.07, 6.45) is 13.2. The van der Waals surface area contributed by atoms with E-state index in [0.29, 0.717) is 37.5 Å². The van der Waals surface area contributed by atoms with Gasteiger partial charge in [-0.1, -0.05) is 45.2 Å². The summed E-state index contributed by atoms with van der Waals surface area (Å²) in [6, 6.07) is 6.20. The number of aromatic nitrogens is 1. The molecule has 1 aliphatic heterocycles. The Morgan fingerprint density at radius 2 is 1.86 bits per heavy atom. The molecule has 14 heteroatoms. The van der Waals surface area contributed by atoms with E-state index < -0.39 is 54.0 Å². The number of pyridine rings is 1. The maximum atomic E-state index is 14.3. The first-order chi connectivity index (χ1) is 26.8. The van der Waals surface area contributed by atoms with E-state index in [-0.39, 0.29) is 48.2 Å². The number of H-pyrrole nitrogens is 1. The van der Waals surface area contributed by atoms with Gasteiger partial charge in [0, 0.05) is 11.6 Å². The number of benzene rings is 1. The molecule has 0 spiro atoms. The summed E-state index contributed by atoms with van der Waals surface area (Å²) in [7, 11) is 0. The number of aldehydes is 1. The van der Waals surface area contributed by atoms with Crippen LogP contribution in [0.4, 0.5) is 4.79 Å². The van der Waals surface area contributed by atoms with Crippen molar-refractivity contribution in [3.63, 3.8) is 0 Å². The Labute approximate surface area is 332 Å². The van der Waals surface area contributed by atoms with Crippen molar-refractivity contribution in [2.45, 2.75) is 119 Å². The average Bonchev–Trinajstić information content (AvgIpc) is 4.03. The van der Waals surface area contributed by atoms with Crippen LogP contribution in [0.2, 0.25) is 0 Å². The summed E-state index contributed by atoms with van der Waals surface area (Å²) in [5, 5.41) is 10.2. The van der Waals surface area contributed by atoms with Gasteiger partial charge in [-0.3, -0.25) is 4.79 Å². The van der Waals surface area contributed by atoms with Crippen LogP contribution in [0.15, 0.2) is 47.9 Å². The third-order valence-electron chi connectivity index (χ3n) is 12.1. The standard InChI is InChI=1S/C42H58IN5O8/c1-4-31-25-42(31,39(53)45-27-43(55,20-23-49)32-16-17-32)47-37(51)34-13-9-22-48(34)38(52)35(30-11-5-6-12-30)46-40(54)56-26-41(2,3)19-8-7-10-28-14-15-29-18-21-44-36(50)33(29)24-28/h4,14-15,18,21,23-24,30-32,34-35H,1,5-13,16-17,19-20,22,25-27H2,2-3H3,(H,44,50)(H,45,53)(H,46,54)(H,47,51)/t31-,34+,35+,42-/m1/s1. The minimum atomic E-state index is -3.72. The molecule has 56 heavy (non-hydrogen) atoms. The Kier molecular flexibility index (Phi) is 13.2. The van der Waals surface area contributed by atoms with Gasteiger partial charge in [-0.25, -0.2) is 4.79 Å². The predicted molar refractivity (Wildman–Crippen MR) is 222 cm³/mol. The molecule has 3 saturated carbocycles. The van der Waals surface area contributed by atoms with Crippen LogP contribution in [-0.4, -0.2) is 83.7 Å².